The normalized spacial score (nSPS) is 23.4. The minimum atomic E-state index is 0.874. The predicted molar refractivity (Wildman–Crippen MR) is 34.7 cm³/mol. The molecule has 0 saturated heterocycles. The van der Waals surface area contributed by atoms with Crippen molar-refractivity contribution in [3.63, 3.8) is 0 Å². The second-order valence-electron chi connectivity index (χ2n) is 1.57. The number of rotatable bonds is 0. The van der Waals surface area contributed by atoms with Crippen LogP contribution in [0, 0.1) is 0 Å². The molecule has 0 aromatic rings. The second-order valence-corrected chi connectivity index (χ2v) is 1.57. The molecule has 0 unspecified atom stereocenters. The Morgan fingerprint density at radius 2 is 2.75 bits per heavy atom. The van der Waals surface area contributed by atoms with Gasteiger partial charge in [0.15, 0.2) is 0 Å². The molecule has 0 amide bonds. The Morgan fingerprint density at radius 1 is 1.88 bits per heavy atom. The Balaban J connectivity index is 2.56. The van der Waals surface area contributed by atoms with E-state index in [9.17, 15) is 0 Å². The number of nitrogens with zero attached hydrogens (tertiary/aromatic N) is 2. The van der Waals surface area contributed by atoms with Gasteiger partial charge in [-0.2, -0.15) is 0 Å². The summed E-state index contributed by atoms with van der Waals surface area (Å²) in [4.78, 5) is 7.91. The van der Waals surface area contributed by atoms with Crippen molar-refractivity contribution in [1.29, 1.82) is 0 Å². The van der Waals surface area contributed by atoms with E-state index in [1.807, 2.05) is 0 Å². The van der Waals surface area contributed by atoms with Gasteiger partial charge in [0.1, 0.15) is 5.84 Å². The third-order valence-electron chi connectivity index (χ3n) is 1.00. The van der Waals surface area contributed by atoms with Gasteiger partial charge in [-0.05, 0) is 0 Å². The molecule has 0 saturated carbocycles. The molecule has 1 aliphatic rings. The summed E-state index contributed by atoms with van der Waals surface area (Å²) in [5.41, 5.74) is 0. The molecule has 0 aromatic carbocycles. The molecule has 0 aliphatic carbocycles. The maximum Gasteiger partial charge on any atom is 0.138 e. The molecule has 0 bridgehead atoms. The standard InChI is InChI=1S/C5H9N3/c1-6-5-4-7-2-3-8-5/h4H,2-3H2,1H3,(H,6,8). The lowest BCUT2D eigenvalue weighted by molar-refractivity contribution is 0.866. The molecular formula is C5H9N3. The smallest absolute Gasteiger partial charge is 0.138 e. The molecule has 0 aromatic heterocycles. The van der Waals surface area contributed by atoms with Crippen molar-refractivity contribution < 1.29 is 0 Å². The average Bonchev–Trinajstić information content (AvgIpc) is 1.90. The summed E-state index contributed by atoms with van der Waals surface area (Å²) in [5, 5.41) is 3.07. The van der Waals surface area contributed by atoms with E-state index in [1.165, 1.54) is 0 Å². The highest BCUT2D eigenvalue weighted by Gasteiger charge is 1.94. The minimum absolute atomic E-state index is 0.874. The molecule has 3 nitrogen and oxygen atoms in total. The van der Waals surface area contributed by atoms with Gasteiger partial charge in [0.2, 0.25) is 0 Å². The van der Waals surface area contributed by atoms with Crippen molar-refractivity contribution in [2.75, 3.05) is 20.1 Å². The lowest BCUT2D eigenvalue weighted by atomic mass is 10.5. The van der Waals surface area contributed by atoms with Crippen molar-refractivity contribution in [1.82, 2.24) is 5.32 Å². The van der Waals surface area contributed by atoms with E-state index >= 15 is 0 Å². The van der Waals surface area contributed by atoms with E-state index in [0.29, 0.717) is 0 Å². The fourth-order valence-corrected chi connectivity index (χ4v) is 0.582. The SMILES string of the molecule is CN=C1C=NCCN1. The molecule has 0 spiro atoms. The molecular weight excluding hydrogens is 102 g/mol. The number of nitrogens with one attached hydrogen (secondary N) is 1. The van der Waals surface area contributed by atoms with Crippen molar-refractivity contribution in [2.45, 2.75) is 0 Å². The van der Waals surface area contributed by atoms with Crippen LogP contribution < -0.4 is 5.32 Å². The molecule has 1 aliphatic heterocycles. The molecule has 1 rings (SSSR count). The zero-order chi connectivity index (χ0) is 5.82. The summed E-state index contributed by atoms with van der Waals surface area (Å²) >= 11 is 0. The molecule has 1 N–H and O–H groups in total. The van der Waals surface area contributed by atoms with Gasteiger partial charge in [-0.3, -0.25) is 9.98 Å². The van der Waals surface area contributed by atoms with Crippen molar-refractivity contribution in [2.24, 2.45) is 9.98 Å². The monoisotopic (exact) mass is 111 g/mol. The molecule has 44 valence electrons. The second kappa shape index (κ2) is 2.45. The van der Waals surface area contributed by atoms with Crippen LogP contribution >= 0.6 is 0 Å². The van der Waals surface area contributed by atoms with Crippen LogP contribution in [0.3, 0.4) is 0 Å². The first-order chi connectivity index (χ1) is 3.93. The Hall–Kier alpha value is -0.860. The van der Waals surface area contributed by atoms with Gasteiger partial charge in [0.05, 0.1) is 12.8 Å². The number of hydrogen-bond donors (Lipinski definition) is 1. The summed E-state index contributed by atoms with van der Waals surface area (Å²) in [7, 11) is 1.75. The first-order valence-electron chi connectivity index (χ1n) is 2.64. The topological polar surface area (TPSA) is 36.8 Å². The third-order valence-corrected chi connectivity index (χ3v) is 1.00. The number of aliphatic imine (C=N–C) groups is 2. The predicted octanol–water partition coefficient (Wildman–Crippen LogP) is -0.311. The van der Waals surface area contributed by atoms with E-state index in [4.69, 9.17) is 0 Å². The molecule has 0 atom stereocenters. The highest BCUT2D eigenvalue weighted by atomic mass is 15.0. The molecule has 1 heterocycles. The van der Waals surface area contributed by atoms with Crippen LogP contribution in [0.5, 0.6) is 0 Å². The van der Waals surface area contributed by atoms with Gasteiger partial charge in [0, 0.05) is 13.6 Å². The van der Waals surface area contributed by atoms with Gasteiger partial charge < -0.3 is 5.32 Å². The van der Waals surface area contributed by atoms with Crippen molar-refractivity contribution >= 4 is 12.1 Å². The highest BCUT2D eigenvalue weighted by molar-refractivity contribution is 6.29. The lowest BCUT2D eigenvalue weighted by Gasteiger charge is -2.06. The van der Waals surface area contributed by atoms with E-state index in [-0.39, 0.29) is 0 Å². The zero-order valence-corrected chi connectivity index (χ0v) is 4.89. The summed E-state index contributed by atoms with van der Waals surface area (Å²) in [6, 6.07) is 0. The fourth-order valence-electron chi connectivity index (χ4n) is 0.582. The molecule has 0 fully saturated rings. The van der Waals surface area contributed by atoms with E-state index in [2.05, 4.69) is 15.3 Å². The first kappa shape index (κ1) is 5.28. The summed E-state index contributed by atoms with van der Waals surface area (Å²) in [5.74, 6) is 0.885. The summed E-state index contributed by atoms with van der Waals surface area (Å²) < 4.78 is 0. The van der Waals surface area contributed by atoms with Crippen LogP contribution in [0.15, 0.2) is 9.98 Å². The maximum atomic E-state index is 4.01. The van der Waals surface area contributed by atoms with Gasteiger partial charge in [0.25, 0.3) is 0 Å². The van der Waals surface area contributed by atoms with Crippen LogP contribution in [0.2, 0.25) is 0 Å². The Kier molecular flexibility index (Phi) is 1.62. The van der Waals surface area contributed by atoms with Crippen molar-refractivity contribution in [3.8, 4) is 0 Å². The zero-order valence-electron chi connectivity index (χ0n) is 4.89. The number of hydrogen-bond acceptors (Lipinski definition) is 2. The van der Waals surface area contributed by atoms with Crippen LogP contribution in [0.25, 0.3) is 0 Å². The van der Waals surface area contributed by atoms with E-state index in [0.717, 1.165) is 18.9 Å². The third kappa shape index (κ3) is 1.05. The van der Waals surface area contributed by atoms with E-state index < -0.39 is 0 Å². The van der Waals surface area contributed by atoms with Crippen LogP contribution in [0.1, 0.15) is 0 Å². The molecule has 8 heavy (non-hydrogen) atoms. The lowest BCUT2D eigenvalue weighted by Crippen LogP contribution is -2.31. The summed E-state index contributed by atoms with van der Waals surface area (Å²) in [6.07, 6.45) is 1.75. The van der Waals surface area contributed by atoms with Gasteiger partial charge in [-0.25, -0.2) is 0 Å². The number of amidine groups is 1. The average molecular weight is 111 g/mol. The first-order valence-corrected chi connectivity index (χ1v) is 2.64. The Morgan fingerprint density at radius 3 is 3.12 bits per heavy atom. The largest absolute Gasteiger partial charge is 0.367 e. The van der Waals surface area contributed by atoms with E-state index in [1.54, 1.807) is 13.3 Å². The minimum Gasteiger partial charge on any atom is -0.367 e. The van der Waals surface area contributed by atoms with Crippen molar-refractivity contribution in [3.05, 3.63) is 0 Å². The Bertz CT molecular complexity index is 126. The van der Waals surface area contributed by atoms with Gasteiger partial charge in [-0.15, -0.1) is 0 Å². The highest BCUT2D eigenvalue weighted by Crippen LogP contribution is 1.76. The van der Waals surface area contributed by atoms with Crippen LogP contribution in [0.4, 0.5) is 0 Å². The van der Waals surface area contributed by atoms with Gasteiger partial charge >= 0.3 is 0 Å². The quantitative estimate of drug-likeness (QED) is 0.457. The maximum absolute atomic E-state index is 4.01. The van der Waals surface area contributed by atoms with Crippen LogP contribution in [-0.2, 0) is 0 Å². The molecule has 0 radical (unpaired) electrons. The van der Waals surface area contributed by atoms with Crippen LogP contribution in [-0.4, -0.2) is 32.2 Å². The molecule has 3 heteroatoms. The summed E-state index contributed by atoms with van der Waals surface area (Å²) in [6.45, 7) is 1.79. The Labute approximate surface area is 48.5 Å². The van der Waals surface area contributed by atoms with Gasteiger partial charge in [-0.1, -0.05) is 0 Å². The fraction of sp³-hybridized carbons (Fsp3) is 0.600.